The summed E-state index contributed by atoms with van der Waals surface area (Å²) in [7, 11) is 0. The molecule has 1 saturated heterocycles. The Balaban J connectivity index is 1.84. The van der Waals surface area contributed by atoms with Crippen molar-refractivity contribution in [3.8, 4) is 11.3 Å². The fraction of sp³-hybridized carbons (Fsp3) is 0.333. The van der Waals surface area contributed by atoms with Crippen LogP contribution in [0.3, 0.4) is 0 Å². The molecule has 128 valence electrons. The summed E-state index contributed by atoms with van der Waals surface area (Å²) in [6.07, 6.45) is 2.94. The van der Waals surface area contributed by atoms with Gasteiger partial charge in [-0.2, -0.15) is 4.98 Å². The first kappa shape index (κ1) is 15.6. The van der Waals surface area contributed by atoms with Gasteiger partial charge in [0.1, 0.15) is 23.2 Å². The van der Waals surface area contributed by atoms with Gasteiger partial charge in [0.2, 0.25) is 0 Å². The van der Waals surface area contributed by atoms with Gasteiger partial charge >= 0.3 is 5.97 Å². The van der Waals surface area contributed by atoms with E-state index in [0.29, 0.717) is 30.2 Å². The maximum absolute atomic E-state index is 11.4. The van der Waals surface area contributed by atoms with Crippen molar-refractivity contribution in [1.82, 2.24) is 15.1 Å². The minimum atomic E-state index is -0.764. The molecule has 7 nitrogen and oxygen atoms in total. The van der Waals surface area contributed by atoms with Crippen molar-refractivity contribution >= 4 is 22.9 Å². The van der Waals surface area contributed by atoms with Crippen molar-refractivity contribution in [3.05, 3.63) is 36.2 Å². The number of anilines is 1. The van der Waals surface area contributed by atoms with Gasteiger partial charge in [0.05, 0.1) is 5.92 Å². The van der Waals surface area contributed by atoms with Gasteiger partial charge in [-0.25, -0.2) is 4.98 Å². The minimum Gasteiger partial charge on any atom is -0.481 e. The topological polar surface area (TPSA) is 92.4 Å². The van der Waals surface area contributed by atoms with Crippen LogP contribution in [0.5, 0.6) is 0 Å². The van der Waals surface area contributed by atoms with E-state index in [1.54, 1.807) is 0 Å². The highest BCUT2D eigenvalue weighted by molar-refractivity contribution is 5.98. The fourth-order valence-corrected chi connectivity index (χ4v) is 3.40. The molecule has 4 rings (SSSR count). The number of aryl methyl sites for hydroxylation is 1. The lowest BCUT2D eigenvalue weighted by atomic mass is 9.97. The quantitative estimate of drug-likeness (QED) is 0.785. The molecule has 0 aliphatic carbocycles. The average Bonchev–Trinajstić information content (AvgIpc) is 3.06. The van der Waals surface area contributed by atoms with Gasteiger partial charge in [-0.05, 0) is 25.3 Å². The lowest BCUT2D eigenvalue weighted by molar-refractivity contribution is -0.141. The number of aliphatic carboxylic acids is 1. The van der Waals surface area contributed by atoms with Gasteiger partial charge in [0.25, 0.3) is 5.71 Å². The SMILES string of the molecule is Cc1ccccc1-c1noc2ncnc(N3CCCC(C(=O)O)C3)c12. The minimum absolute atomic E-state index is 0.388. The van der Waals surface area contributed by atoms with Crippen molar-refractivity contribution in [3.63, 3.8) is 0 Å². The number of fused-ring (bicyclic) bond motifs is 1. The number of nitrogens with zero attached hydrogens (tertiary/aromatic N) is 4. The molecule has 2 aromatic heterocycles. The average molecular weight is 338 g/mol. The Morgan fingerprint density at radius 2 is 2.16 bits per heavy atom. The third-order valence-electron chi connectivity index (χ3n) is 4.72. The van der Waals surface area contributed by atoms with E-state index >= 15 is 0 Å². The summed E-state index contributed by atoms with van der Waals surface area (Å²) < 4.78 is 5.42. The Kier molecular flexibility index (Phi) is 3.83. The summed E-state index contributed by atoms with van der Waals surface area (Å²) in [5, 5.41) is 14.3. The smallest absolute Gasteiger partial charge is 0.308 e. The Hall–Kier alpha value is -2.96. The second-order valence-corrected chi connectivity index (χ2v) is 6.35. The van der Waals surface area contributed by atoms with Crippen LogP contribution in [0, 0.1) is 12.8 Å². The second-order valence-electron chi connectivity index (χ2n) is 6.35. The van der Waals surface area contributed by atoms with Crippen LogP contribution >= 0.6 is 0 Å². The Morgan fingerprint density at radius 1 is 1.32 bits per heavy atom. The molecule has 1 unspecified atom stereocenters. The van der Waals surface area contributed by atoms with E-state index in [2.05, 4.69) is 15.1 Å². The van der Waals surface area contributed by atoms with Gasteiger partial charge < -0.3 is 14.5 Å². The molecule has 1 atom stereocenters. The summed E-state index contributed by atoms with van der Waals surface area (Å²) in [6, 6.07) is 7.93. The zero-order valence-electron chi connectivity index (χ0n) is 13.8. The van der Waals surface area contributed by atoms with Crippen LogP contribution in [0.4, 0.5) is 5.82 Å². The molecule has 1 N–H and O–H groups in total. The van der Waals surface area contributed by atoms with Crippen LogP contribution in [-0.4, -0.2) is 39.3 Å². The van der Waals surface area contributed by atoms with E-state index in [-0.39, 0.29) is 5.92 Å². The maximum atomic E-state index is 11.4. The highest BCUT2D eigenvalue weighted by Crippen LogP contribution is 2.35. The molecule has 3 aromatic rings. The first-order valence-corrected chi connectivity index (χ1v) is 8.29. The predicted octanol–water partition coefficient (Wildman–Crippen LogP) is 2.89. The first-order chi connectivity index (χ1) is 12.1. The number of rotatable bonds is 3. The van der Waals surface area contributed by atoms with E-state index in [4.69, 9.17) is 4.52 Å². The molecule has 1 aliphatic rings. The van der Waals surface area contributed by atoms with Crippen molar-refractivity contribution in [1.29, 1.82) is 0 Å². The third kappa shape index (κ3) is 2.71. The van der Waals surface area contributed by atoms with Gasteiger partial charge in [-0.3, -0.25) is 4.79 Å². The molecular weight excluding hydrogens is 320 g/mol. The number of carboxylic acids is 1. The van der Waals surface area contributed by atoms with Gasteiger partial charge in [0.15, 0.2) is 0 Å². The molecule has 1 aliphatic heterocycles. The van der Waals surface area contributed by atoms with E-state index in [1.165, 1.54) is 6.33 Å². The molecule has 7 heteroatoms. The zero-order chi connectivity index (χ0) is 17.4. The van der Waals surface area contributed by atoms with E-state index in [1.807, 2.05) is 36.1 Å². The van der Waals surface area contributed by atoms with Crippen LogP contribution in [0.15, 0.2) is 35.1 Å². The standard InChI is InChI=1S/C18H18N4O3/c1-11-5-2-3-7-13(11)15-14-16(19-10-20-17(14)25-21-15)22-8-4-6-12(9-22)18(23)24/h2-3,5,7,10,12H,4,6,8-9H2,1H3,(H,23,24). The molecule has 25 heavy (non-hydrogen) atoms. The lowest BCUT2D eigenvalue weighted by Crippen LogP contribution is -2.39. The summed E-state index contributed by atoms with van der Waals surface area (Å²) in [5.41, 5.74) is 3.15. The Morgan fingerprint density at radius 3 is 2.96 bits per heavy atom. The van der Waals surface area contributed by atoms with Crippen LogP contribution in [0.2, 0.25) is 0 Å². The van der Waals surface area contributed by atoms with Crippen LogP contribution in [-0.2, 0) is 4.79 Å². The van der Waals surface area contributed by atoms with Gasteiger partial charge in [0, 0.05) is 18.7 Å². The van der Waals surface area contributed by atoms with E-state index < -0.39 is 5.97 Å². The maximum Gasteiger partial charge on any atom is 0.308 e. The number of carbonyl (C=O) groups is 1. The summed E-state index contributed by atoms with van der Waals surface area (Å²) >= 11 is 0. The van der Waals surface area contributed by atoms with Crippen molar-refractivity contribution in [2.24, 2.45) is 5.92 Å². The molecule has 3 heterocycles. The lowest BCUT2D eigenvalue weighted by Gasteiger charge is -2.31. The number of aromatic nitrogens is 3. The van der Waals surface area contributed by atoms with Crippen LogP contribution in [0.25, 0.3) is 22.4 Å². The van der Waals surface area contributed by atoms with Crippen molar-refractivity contribution in [2.45, 2.75) is 19.8 Å². The molecule has 0 spiro atoms. The van der Waals surface area contributed by atoms with Gasteiger partial charge in [-0.1, -0.05) is 29.4 Å². The second kappa shape index (κ2) is 6.16. The summed E-state index contributed by atoms with van der Waals surface area (Å²) in [4.78, 5) is 22.0. The normalized spacial score (nSPS) is 17.8. The number of piperidine rings is 1. The summed E-state index contributed by atoms with van der Waals surface area (Å²) in [6.45, 7) is 3.20. The number of benzene rings is 1. The zero-order valence-corrected chi connectivity index (χ0v) is 13.8. The van der Waals surface area contributed by atoms with E-state index in [9.17, 15) is 9.90 Å². The first-order valence-electron chi connectivity index (χ1n) is 8.29. The van der Waals surface area contributed by atoms with E-state index in [0.717, 1.165) is 29.5 Å². The fourth-order valence-electron chi connectivity index (χ4n) is 3.40. The Labute approximate surface area is 144 Å². The predicted molar refractivity (Wildman–Crippen MR) is 92.3 cm³/mol. The highest BCUT2D eigenvalue weighted by atomic mass is 16.5. The van der Waals surface area contributed by atoms with Gasteiger partial charge in [-0.15, -0.1) is 0 Å². The highest BCUT2D eigenvalue weighted by Gasteiger charge is 2.29. The van der Waals surface area contributed by atoms with Crippen molar-refractivity contribution in [2.75, 3.05) is 18.0 Å². The Bertz CT molecular complexity index is 937. The molecule has 0 amide bonds. The van der Waals surface area contributed by atoms with Crippen molar-refractivity contribution < 1.29 is 14.4 Å². The molecule has 0 bridgehead atoms. The van der Waals surface area contributed by atoms with Crippen LogP contribution in [0.1, 0.15) is 18.4 Å². The molecule has 1 fully saturated rings. The molecule has 0 radical (unpaired) electrons. The third-order valence-corrected chi connectivity index (χ3v) is 4.72. The number of hydrogen-bond acceptors (Lipinski definition) is 6. The number of hydrogen-bond donors (Lipinski definition) is 1. The molecular formula is C18H18N4O3. The monoisotopic (exact) mass is 338 g/mol. The number of carboxylic acid groups (broad SMARTS) is 1. The molecule has 0 saturated carbocycles. The largest absolute Gasteiger partial charge is 0.481 e. The van der Waals surface area contributed by atoms with Crippen LogP contribution < -0.4 is 4.90 Å². The summed E-state index contributed by atoms with van der Waals surface area (Å²) in [5.74, 6) is -0.463. The molecule has 1 aromatic carbocycles.